The molecule has 3 unspecified atom stereocenters. The van der Waals surface area contributed by atoms with Crippen molar-refractivity contribution in [1.82, 2.24) is 0 Å². The minimum atomic E-state index is 0.589. The van der Waals surface area contributed by atoms with Gasteiger partial charge < -0.3 is 0 Å². The van der Waals surface area contributed by atoms with Crippen LogP contribution in [0.25, 0.3) is 0 Å². The average Bonchev–Trinajstić information content (AvgIpc) is 2.32. The normalized spacial score (nSPS) is 25.1. The summed E-state index contributed by atoms with van der Waals surface area (Å²) < 4.78 is 0. The first-order chi connectivity index (χ1) is 8.06. The first kappa shape index (κ1) is 12.4. The van der Waals surface area contributed by atoms with E-state index in [4.69, 9.17) is 0 Å². The van der Waals surface area contributed by atoms with Gasteiger partial charge in [-0.15, -0.1) is 0 Å². The lowest BCUT2D eigenvalue weighted by Gasteiger charge is -2.32. The molecular formula is C17H24. The predicted octanol–water partition coefficient (Wildman–Crippen LogP) is 5.19. The molecule has 1 aromatic rings. The number of allylic oxidation sites excluding steroid dienone is 2. The number of fused-ring (bicyclic) bond motifs is 1. The molecule has 1 aromatic carbocycles. The van der Waals surface area contributed by atoms with Gasteiger partial charge in [0.25, 0.3) is 0 Å². The third kappa shape index (κ3) is 2.06. The highest BCUT2D eigenvalue weighted by Crippen LogP contribution is 2.43. The van der Waals surface area contributed by atoms with Crippen LogP contribution < -0.4 is 0 Å². The fourth-order valence-electron chi connectivity index (χ4n) is 3.06. The second-order valence-electron chi connectivity index (χ2n) is 5.62. The summed E-state index contributed by atoms with van der Waals surface area (Å²) in [6, 6.07) is 6.80. The van der Waals surface area contributed by atoms with Crippen LogP contribution in [-0.2, 0) is 0 Å². The average molecular weight is 228 g/mol. The fraction of sp³-hybridized carbons (Fsp3) is 0.529. The second kappa shape index (κ2) is 4.68. The molecule has 92 valence electrons. The summed E-state index contributed by atoms with van der Waals surface area (Å²) in [5.41, 5.74) is 6.14. The maximum atomic E-state index is 2.50. The Balaban J connectivity index is 2.56. The Morgan fingerprint density at radius 2 is 1.94 bits per heavy atom. The van der Waals surface area contributed by atoms with Crippen molar-refractivity contribution in [1.29, 1.82) is 0 Å². The van der Waals surface area contributed by atoms with Gasteiger partial charge in [0.2, 0.25) is 0 Å². The molecule has 0 fully saturated rings. The minimum absolute atomic E-state index is 0.589. The van der Waals surface area contributed by atoms with Crippen molar-refractivity contribution in [2.75, 3.05) is 0 Å². The monoisotopic (exact) mass is 228 g/mol. The van der Waals surface area contributed by atoms with Crippen molar-refractivity contribution in [3.05, 3.63) is 46.5 Å². The van der Waals surface area contributed by atoms with Crippen molar-refractivity contribution in [3.63, 3.8) is 0 Å². The summed E-state index contributed by atoms with van der Waals surface area (Å²) in [6.07, 6.45) is 3.75. The highest BCUT2D eigenvalue weighted by molar-refractivity contribution is 5.48. The molecule has 0 bridgehead atoms. The lowest BCUT2D eigenvalue weighted by atomic mass is 9.72. The summed E-state index contributed by atoms with van der Waals surface area (Å²) >= 11 is 0. The number of hydrogen-bond acceptors (Lipinski definition) is 0. The smallest absolute Gasteiger partial charge is 0.00493 e. The van der Waals surface area contributed by atoms with Crippen molar-refractivity contribution in [2.45, 2.75) is 52.9 Å². The van der Waals surface area contributed by atoms with Crippen LogP contribution in [-0.4, -0.2) is 0 Å². The molecule has 0 saturated carbocycles. The van der Waals surface area contributed by atoms with Gasteiger partial charge in [-0.1, -0.05) is 57.0 Å². The molecule has 0 saturated heterocycles. The van der Waals surface area contributed by atoms with Crippen LogP contribution in [0.4, 0.5) is 0 Å². The maximum Gasteiger partial charge on any atom is 0.00493 e. The van der Waals surface area contributed by atoms with Gasteiger partial charge in [-0.2, -0.15) is 0 Å². The zero-order valence-corrected chi connectivity index (χ0v) is 11.7. The zero-order chi connectivity index (χ0) is 12.6. The van der Waals surface area contributed by atoms with E-state index in [9.17, 15) is 0 Å². The number of benzene rings is 1. The van der Waals surface area contributed by atoms with E-state index in [1.54, 1.807) is 11.1 Å². The molecule has 0 aliphatic heterocycles. The number of hydrogen-bond donors (Lipinski definition) is 0. The zero-order valence-electron chi connectivity index (χ0n) is 11.7. The molecule has 1 aliphatic rings. The molecule has 0 heterocycles. The van der Waals surface area contributed by atoms with Crippen LogP contribution in [0, 0.1) is 12.8 Å². The number of rotatable bonds is 2. The molecule has 0 N–H and O–H groups in total. The lowest BCUT2D eigenvalue weighted by molar-refractivity contribution is 0.493. The minimum Gasteiger partial charge on any atom is -0.0772 e. The van der Waals surface area contributed by atoms with E-state index in [0.29, 0.717) is 11.8 Å². The molecule has 0 radical (unpaired) electrons. The summed E-state index contributed by atoms with van der Waals surface area (Å²) in [5, 5.41) is 0. The van der Waals surface area contributed by atoms with Gasteiger partial charge >= 0.3 is 0 Å². The largest absolute Gasteiger partial charge is 0.0772 e. The molecule has 17 heavy (non-hydrogen) atoms. The Hall–Kier alpha value is -1.04. The Labute approximate surface area is 106 Å². The van der Waals surface area contributed by atoms with Crippen LogP contribution in [0.2, 0.25) is 0 Å². The predicted molar refractivity (Wildman–Crippen MR) is 75.5 cm³/mol. The molecule has 0 nitrogen and oxygen atoms in total. The lowest BCUT2D eigenvalue weighted by Crippen LogP contribution is -2.17. The van der Waals surface area contributed by atoms with E-state index < -0.39 is 0 Å². The van der Waals surface area contributed by atoms with Crippen LogP contribution in [0.3, 0.4) is 0 Å². The molecule has 1 aliphatic carbocycles. The van der Waals surface area contributed by atoms with Crippen LogP contribution in [0.1, 0.15) is 62.6 Å². The summed E-state index contributed by atoms with van der Waals surface area (Å²) in [5.74, 6) is 1.94. The highest BCUT2D eigenvalue weighted by atomic mass is 14.3. The van der Waals surface area contributed by atoms with E-state index in [-0.39, 0.29) is 0 Å². The standard InChI is InChI=1S/C17H24/c1-6-11(2)16-10-13(4)14(5)17-12(3)8-7-9-15(16)17/h7-11,14,16H,6H2,1-5H3. The van der Waals surface area contributed by atoms with Crippen LogP contribution in [0.5, 0.6) is 0 Å². The third-order valence-corrected chi connectivity index (χ3v) is 4.53. The Morgan fingerprint density at radius 3 is 2.59 bits per heavy atom. The highest BCUT2D eigenvalue weighted by Gasteiger charge is 2.27. The van der Waals surface area contributed by atoms with Crippen LogP contribution in [0.15, 0.2) is 29.8 Å². The van der Waals surface area contributed by atoms with Gasteiger partial charge in [0.15, 0.2) is 0 Å². The molecular weight excluding hydrogens is 204 g/mol. The van der Waals surface area contributed by atoms with Crippen molar-refractivity contribution >= 4 is 0 Å². The van der Waals surface area contributed by atoms with E-state index in [2.05, 4.69) is 58.9 Å². The van der Waals surface area contributed by atoms with E-state index in [1.165, 1.54) is 17.6 Å². The Morgan fingerprint density at radius 1 is 1.24 bits per heavy atom. The topological polar surface area (TPSA) is 0 Å². The Bertz CT molecular complexity index is 439. The van der Waals surface area contributed by atoms with E-state index in [0.717, 1.165) is 5.92 Å². The van der Waals surface area contributed by atoms with Gasteiger partial charge in [-0.05, 0) is 36.5 Å². The van der Waals surface area contributed by atoms with Gasteiger partial charge in [0, 0.05) is 11.8 Å². The van der Waals surface area contributed by atoms with E-state index >= 15 is 0 Å². The molecule has 0 aromatic heterocycles. The molecule has 0 heteroatoms. The quantitative estimate of drug-likeness (QED) is 0.611. The summed E-state index contributed by atoms with van der Waals surface area (Å²) in [4.78, 5) is 0. The van der Waals surface area contributed by atoms with E-state index in [1.807, 2.05) is 0 Å². The van der Waals surface area contributed by atoms with Gasteiger partial charge in [0.05, 0.1) is 0 Å². The summed E-state index contributed by atoms with van der Waals surface area (Å²) in [6.45, 7) is 11.5. The molecule has 0 spiro atoms. The summed E-state index contributed by atoms with van der Waals surface area (Å²) in [7, 11) is 0. The van der Waals surface area contributed by atoms with Crippen molar-refractivity contribution in [3.8, 4) is 0 Å². The second-order valence-corrected chi connectivity index (χ2v) is 5.62. The third-order valence-electron chi connectivity index (χ3n) is 4.53. The fourth-order valence-corrected chi connectivity index (χ4v) is 3.06. The number of aryl methyl sites for hydroxylation is 1. The maximum absolute atomic E-state index is 2.50. The van der Waals surface area contributed by atoms with Crippen molar-refractivity contribution in [2.24, 2.45) is 5.92 Å². The van der Waals surface area contributed by atoms with Gasteiger partial charge in [-0.3, -0.25) is 0 Å². The first-order valence-corrected chi connectivity index (χ1v) is 6.84. The van der Waals surface area contributed by atoms with Gasteiger partial charge in [-0.25, -0.2) is 0 Å². The van der Waals surface area contributed by atoms with Crippen molar-refractivity contribution < 1.29 is 0 Å². The molecule has 0 amide bonds. The Kier molecular flexibility index (Phi) is 3.42. The van der Waals surface area contributed by atoms with Gasteiger partial charge in [0.1, 0.15) is 0 Å². The van der Waals surface area contributed by atoms with Crippen LogP contribution >= 0.6 is 0 Å². The molecule has 3 atom stereocenters. The SMILES string of the molecule is CCC(C)C1C=C(C)C(C)c2c(C)cccc21. The molecule has 2 rings (SSSR count). The first-order valence-electron chi connectivity index (χ1n) is 6.84.